The van der Waals surface area contributed by atoms with Crippen molar-refractivity contribution in [3.63, 3.8) is 0 Å². The van der Waals surface area contributed by atoms with Crippen molar-refractivity contribution >= 4 is 11.7 Å². The Morgan fingerprint density at radius 2 is 1.81 bits per heavy atom. The van der Waals surface area contributed by atoms with E-state index >= 15 is 0 Å². The second kappa shape index (κ2) is 7.09. The minimum atomic E-state index is -0.686. The van der Waals surface area contributed by atoms with E-state index in [0.29, 0.717) is 6.42 Å². The average Bonchev–Trinajstić information content (AvgIpc) is 2.52. The van der Waals surface area contributed by atoms with E-state index in [-0.39, 0.29) is 0 Å². The number of nitrogens with zero attached hydrogens (tertiary/aromatic N) is 1. The monoisotopic (exact) mass is 283 g/mol. The highest BCUT2D eigenvalue weighted by Crippen LogP contribution is 2.14. The number of hydrogen-bond acceptors (Lipinski definition) is 3. The molecule has 0 saturated heterocycles. The topological polar surface area (TPSA) is 76.7 Å². The number of rotatable bonds is 5. The molecule has 0 saturated carbocycles. The molecular formula is C16H17N3O2. The van der Waals surface area contributed by atoms with Gasteiger partial charge in [0.2, 0.25) is 0 Å². The summed E-state index contributed by atoms with van der Waals surface area (Å²) in [6.07, 6.45) is 0.591. The van der Waals surface area contributed by atoms with Crippen LogP contribution in [0.2, 0.25) is 0 Å². The molecule has 2 amide bonds. The number of carbonyl (C=O) groups excluding carboxylic acids is 1. The van der Waals surface area contributed by atoms with Crippen molar-refractivity contribution in [1.82, 2.24) is 5.43 Å². The fraction of sp³-hybridized carbons (Fsp3) is 0.125. The van der Waals surface area contributed by atoms with Crippen LogP contribution in [0.15, 0.2) is 59.7 Å². The number of hydrogen-bond donors (Lipinski definition) is 2. The fourth-order valence-electron chi connectivity index (χ4n) is 1.90. The van der Waals surface area contributed by atoms with Crippen LogP contribution in [0.25, 0.3) is 0 Å². The number of nitrogens with two attached hydrogens (primary N) is 1. The molecular weight excluding hydrogens is 266 g/mol. The first kappa shape index (κ1) is 14.6. The molecule has 2 rings (SSSR count). The third-order valence-corrected chi connectivity index (χ3v) is 2.94. The van der Waals surface area contributed by atoms with Crippen molar-refractivity contribution in [1.29, 1.82) is 0 Å². The third-order valence-electron chi connectivity index (χ3n) is 2.94. The number of nitrogens with one attached hydrogen (secondary N) is 1. The van der Waals surface area contributed by atoms with Crippen LogP contribution in [-0.4, -0.2) is 18.9 Å². The van der Waals surface area contributed by atoms with E-state index < -0.39 is 6.03 Å². The molecule has 0 aliphatic carbocycles. The van der Waals surface area contributed by atoms with Gasteiger partial charge in [0.1, 0.15) is 5.75 Å². The van der Waals surface area contributed by atoms with Gasteiger partial charge in [-0.2, -0.15) is 5.10 Å². The van der Waals surface area contributed by atoms with Gasteiger partial charge in [-0.1, -0.05) is 30.3 Å². The summed E-state index contributed by atoms with van der Waals surface area (Å²) in [6, 6.07) is 16.7. The molecule has 0 atom stereocenters. The number of ether oxygens (including phenoxy) is 1. The summed E-state index contributed by atoms with van der Waals surface area (Å²) in [6.45, 7) is 0. The molecule has 0 heterocycles. The maximum Gasteiger partial charge on any atom is 0.332 e. The molecule has 2 aromatic rings. The second-order valence-corrected chi connectivity index (χ2v) is 4.43. The van der Waals surface area contributed by atoms with E-state index in [1.165, 1.54) is 0 Å². The summed E-state index contributed by atoms with van der Waals surface area (Å²) in [7, 11) is 1.61. The van der Waals surface area contributed by atoms with E-state index in [1.54, 1.807) is 7.11 Å². The van der Waals surface area contributed by atoms with Gasteiger partial charge in [0.25, 0.3) is 0 Å². The lowest BCUT2D eigenvalue weighted by atomic mass is 10.0. The fourth-order valence-corrected chi connectivity index (χ4v) is 1.90. The maximum absolute atomic E-state index is 10.9. The molecule has 0 aliphatic rings. The molecule has 108 valence electrons. The van der Waals surface area contributed by atoms with Gasteiger partial charge >= 0.3 is 6.03 Å². The normalized spacial score (nSPS) is 11.0. The Hall–Kier alpha value is -2.82. The number of methoxy groups -OCH3 is 1. The number of primary amides is 1. The Kier molecular flexibility index (Phi) is 4.93. The van der Waals surface area contributed by atoms with Crippen LogP contribution < -0.4 is 15.9 Å². The highest BCUT2D eigenvalue weighted by Gasteiger charge is 2.06. The number of benzene rings is 2. The van der Waals surface area contributed by atoms with Gasteiger partial charge in [-0.25, -0.2) is 10.2 Å². The van der Waals surface area contributed by atoms with E-state index in [9.17, 15) is 4.79 Å². The molecule has 21 heavy (non-hydrogen) atoms. The van der Waals surface area contributed by atoms with Crippen LogP contribution >= 0.6 is 0 Å². The van der Waals surface area contributed by atoms with Crippen molar-refractivity contribution < 1.29 is 9.53 Å². The predicted octanol–water partition coefficient (Wildman–Crippen LogP) is 2.31. The van der Waals surface area contributed by atoms with Crippen LogP contribution in [-0.2, 0) is 6.42 Å². The molecule has 5 heteroatoms. The van der Waals surface area contributed by atoms with Crippen molar-refractivity contribution in [3.8, 4) is 5.75 Å². The minimum Gasteiger partial charge on any atom is -0.497 e. The van der Waals surface area contributed by atoms with Crippen molar-refractivity contribution in [2.45, 2.75) is 6.42 Å². The molecule has 0 spiro atoms. The first-order valence-electron chi connectivity index (χ1n) is 6.49. The molecule has 0 aromatic heterocycles. The zero-order chi connectivity index (χ0) is 15.1. The summed E-state index contributed by atoms with van der Waals surface area (Å²) in [5.41, 5.74) is 10.1. The SMILES string of the molecule is COc1ccc(C(Cc2ccccc2)=NNC(N)=O)cc1. The lowest BCUT2D eigenvalue weighted by molar-refractivity contribution is 0.249. The van der Waals surface area contributed by atoms with Crippen LogP contribution in [0.1, 0.15) is 11.1 Å². The Morgan fingerprint density at radius 1 is 1.14 bits per heavy atom. The Balaban J connectivity index is 2.26. The van der Waals surface area contributed by atoms with Gasteiger partial charge in [-0.15, -0.1) is 0 Å². The molecule has 5 nitrogen and oxygen atoms in total. The first-order chi connectivity index (χ1) is 10.2. The zero-order valence-electron chi connectivity index (χ0n) is 11.7. The maximum atomic E-state index is 10.9. The lowest BCUT2D eigenvalue weighted by Crippen LogP contribution is -2.26. The quantitative estimate of drug-likeness (QED) is 0.652. The number of hydrazone groups is 1. The number of amides is 2. The molecule has 0 radical (unpaired) electrons. The summed E-state index contributed by atoms with van der Waals surface area (Å²) in [5, 5.41) is 4.10. The smallest absolute Gasteiger partial charge is 0.332 e. The van der Waals surface area contributed by atoms with Crippen molar-refractivity contribution in [3.05, 3.63) is 65.7 Å². The molecule has 0 fully saturated rings. The van der Waals surface area contributed by atoms with Gasteiger partial charge < -0.3 is 10.5 Å². The van der Waals surface area contributed by atoms with Gasteiger partial charge in [-0.3, -0.25) is 0 Å². The lowest BCUT2D eigenvalue weighted by Gasteiger charge is -2.08. The van der Waals surface area contributed by atoms with Crippen LogP contribution in [0.5, 0.6) is 5.75 Å². The highest BCUT2D eigenvalue weighted by molar-refractivity contribution is 6.02. The van der Waals surface area contributed by atoms with Gasteiger partial charge in [0.05, 0.1) is 12.8 Å². The van der Waals surface area contributed by atoms with Crippen LogP contribution in [0, 0.1) is 0 Å². The summed E-state index contributed by atoms with van der Waals surface area (Å²) >= 11 is 0. The minimum absolute atomic E-state index is 0.591. The largest absolute Gasteiger partial charge is 0.497 e. The molecule has 3 N–H and O–H groups in total. The predicted molar refractivity (Wildman–Crippen MR) is 82.4 cm³/mol. The Labute approximate surface area is 123 Å². The zero-order valence-corrected chi connectivity index (χ0v) is 11.7. The van der Waals surface area contributed by atoms with E-state index in [1.807, 2.05) is 54.6 Å². The number of carbonyl (C=O) groups is 1. The average molecular weight is 283 g/mol. The van der Waals surface area contributed by atoms with E-state index in [0.717, 1.165) is 22.6 Å². The molecule has 2 aromatic carbocycles. The first-order valence-corrected chi connectivity index (χ1v) is 6.49. The molecule has 0 unspecified atom stereocenters. The second-order valence-electron chi connectivity index (χ2n) is 4.43. The van der Waals surface area contributed by atoms with Crippen molar-refractivity contribution in [2.75, 3.05) is 7.11 Å². The number of urea groups is 1. The third kappa shape index (κ3) is 4.35. The van der Waals surface area contributed by atoms with Gasteiger partial charge in [-0.05, 0) is 35.4 Å². The standard InChI is InChI=1S/C16H17N3O2/c1-21-14-9-7-13(8-10-14)15(18-19-16(17)20)11-12-5-3-2-4-6-12/h2-10H,11H2,1H3,(H3,17,19,20). The van der Waals surface area contributed by atoms with Crippen molar-refractivity contribution in [2.24, 2.45) is 10.8 Å². The molecule has 0 aliphatic heterocycles. The van der Waals surface area contributed by atoms with Gasteiger partial charge in [0, 0.05) is 6.42 Å². The van der Waals surface area contributed by atoms with Crippen LogP contribution in [0.3, 0.4) is 0 Å². The molecule has 0 bridgehead atoms. The summed E-state index contributed by atoms with van der Waals surface area (Å²) in [5.74, 6) is 0.765. The van der Waals surface area contributed by atoms with E-state index in [4.69, 9.17) is 10.5 Å². The summed E-state index contributed by atoms with van der Waals surface area (Å²) in [4.78, 5) is 10.9. The Bertz CT molecular complexity index is 622. The highest BCUT2D eigenvalue weighted by atomic mass is 16.5. The summed E-state index contributed by atoms with van der Waals surface area (Å²) < 4.78 is 5.14. The Morgan fingerprint density at radius 3 is 2.38 bits per heavy atom. The van der Waals surface area contributed by atoms with E-state index in [2.05, 4.69) is 10.5 Å². The van der Waals surface area contributed by atoms with Crippen LogP contribution in [0.4, 0.5) is 4.79 Å². The van der Waals surface area contributed by atoms with Gasteiger partial charge in [0.15, 0.2) is 0 Å².